The van der Waals surface area contributed by atoms with E-state index in [1.54, 1.807) is 30.7 Å². The zero-order valence-electron chi connectivity index (χ0n) is 26.1. The van der Waals surface area contributed by atoms with Gasteiger partial charge in [0.25, 0.3) is 0 Å². The predicted molar refractivity (Wildman–Crippen MR) is 174 cm³/mol. The Balaban J connectivity index is 1.66. The molecular weight excluding hydrogens is 552 g/mol. The van der Waals surface area contributed by atoms with Gasteiger partial charge >= 0.3 is 11.9 Å². The van der Waals surface area contributed by atoms with Gasteiger partial charge in [0.15, 0.2) is 5.69 Å². The fourth-order valence-electron chi connectivity index (χ4n) is 4.83. The molecule has 3 aromatic rings. The molecule has 1 heterocycles. The molecule has 7 nitrogen and oxygen atoms in total. The molecule has 0 bridgehead atoms. The fraction of sp³-hybridized carbons (Fsp3) is 0.324. The minimum Gasteiger partial charge on any atom is -0.493 e. The average molecular weight is 597 g/mol. The number of carbonyl (C=O) groups excluding carboxylic acids is 2. The van der Waals surface area contributed by atoms with E-state index < -0.39 is 5.97 Å². The highest BCUT2D eigenvalue weighted by atomic mass is 16.5. The Morgan fingerprint density at radius 2 is 1.70 bits per heavy atom. The van der Waals surface area contributed by atoms with Gasteiger partial charge in [-0.05, 0) is 80.7 Å². The molecule has 0 fully saturated rings. The van der Waals surface area contributed by atoms with Gasteiger partial charge in [0.1, 0.15) is 5.76 Å². The first-order chi connectivity index (χ1) is 21.5. The molecule has 0 amide bonds. The Morgan fingerprint density at radius 3 is 2.39 bits per heavy atom. The molecule has 0 aliphatic carbocycles. The summed E-state index contributed by atoms with van der Waals surface area (Å²) in [6.07, 6.45) is 19.2. The number of imidazole rings is 1. The van der Waals surface area contributed by atoms with Gasteiger partial charge in [0, 0.05) is 18.3 Å². The maximum absolute atomic E-state index is 11.9. The second kappa shape index (κ2) is 18.8. The van der Waals surface area contributed by atoms with E-state index in [0.717, 1.165) is 55.4 Å². The van der Waals surface area contributed by atoms with Gasteiger partial charge in [0.05, 0.1) is 32.7 Å². The molecule has 0 N–H and O–H groups in total. The second-order valence-electron chi connectivity index (χ2n) is 10.4. The maximum atomic E-state index is 11.9. The molecule has 3 rings (SSSR count). The topological polar surface area (TPSA) is 79.7 Å². The molecule has 2 aromatic carbocycles. The monoisotopic (exact) mass is 596 g/mol. The van der Waals surface area contributed by atoms with Crippen LogP contribution in [-0.2, 0) is 33.6 Å². The zero-order valence-corrected chi connectivity index (χ0v) is 26.1. The fourth-order valence-corrected chi connectivity index (χ4v) is 4.83. The summed E-state index contributed by atoms with van der Waals surface area (Å²) in [4.78, 5) is 27.9. The Morgan fingerprint density at radius 1 is 0.955 bits per heavy atom. The lowest BCUT2D eigenvalue weighted by molar-refractivity contribution is 0.0588. The van der Waals surface area contributed by atoms with Crippen LogP contribution in [0.25, 0.3) is 0 Å². The van der Waals surface area contributed by atoms with Crippen LogP contribution in [0.15, 0.2) is 115 Å². The Hall–Kier alpha value is -4.65. The number of rotatable bonds is 18. The Kier molecular flexibility index (Phi) is 14.5. The van der Waals surface area contributed by atoms with Crippen LogP contribution in [-0.4, -0.2) is 42.3 Å². The van der Waals surface area contributed by atoms with Crippen LogP contribution in [0.3, 0.4) is 0 Å². The molecule has 0 saturated carbocycles. The summed E-state index contributed by atoms with van der Waals surface area (Å²) in [7, 11) is 2.72. The Labute approximate surface area is 261 Å². The summed E-state index contributed by atoms with van der Waals surface area (Å²) in [6.45, 7) is 7.20. The van der Waals surface area contributed by atoms with Crippen LogP contribution in [0.2, 0.25) is 0 Å². The summed E-state index contributed by atoms with van der Waals surface area (Å²) in [5, 5.41) is 0. The van der Waals surface area contributed by atoms with E-state index in [0.29, 0.717) is 18.7 Å². The summed E-state index contributed by atoms with van der Waals surface area (Å²) in [6, 6.07) is 18.1. The number of methoxy groups -OCH3 is 2. The lowest BCUT2D eigenvalue weighted by Crippen LogP contribution is -2.08. The van der Waals surface area contributed by atoms with Crippen molar-refractivity contribution in [3.63, 3.8) is 0 Å². The number of ether oxygens (including phenoxy) is 3. The van der Waals surface area contributed by atoms with Gasteiger partial charge in [-0.2, -0.15) is 0 Å². The smallest absolute Gasteiger partial charge is 0.358 e. The summed E-state index contributed by atoms with van der Waals surface area (Å²) < 4.78 is 17.7. The summed E-state index contributed by atoms with van der Waals surface area (Å²) >= 11 is 0. The van der Waals surface area contributed by atoms with Crippen molar-refractivity contribution in [3.05, 3.63) is 138 Å². The second-order valence-corrected chi connectivity index (χ2v) is 10.4. The standard InChI is InChI=1S/C37H44N2O5/c1-5-13-32(35(6-2)44-25-12-8-11-16-29-14-9-7-10-15-29)20-17-31(23-24-39-27-34(38-28-39)37(41)43-4)26-30-18-21-33(22-19-30)36(40)42-3/h5-7,9-10,13-15,17-22,27-28,31H,1,8,11-12,16,23-26H2,2-4H3/b20-17+,32-13-,35-6+. The van der Waals surface area contributed by atoms with Crippen LogP contribution in [0.5, 0.6) is 0 Å². The Bertz CT molecular complexity index is 1420. The van der Waals surface area contributed by atoms with Gasteiger partial charge < -0.3 is 18.8 Å². The van der Waals surface area contributed by atoms with Gasteiger partial charge in [-0.15, -0.1) is 0 Å². The van der Waals surface area contributed by atoms with Crippen molar-refractivity contribution in [2.75, 3.05) is 20.8 Å². The number of esters is 2. The highest BCUT2D eigenvalue weighted by molar-refractivity contribution is 5.89. The number of hydrogen-bond donors (Lipinski definition) is 0. The molecule has 0 spiro atoms. The van der Waals surface area contributed by atoms with Crippen molar-refractivity contribution in [2.24, 2.45) is 5.92 Å². The molecule has 1 unspecified atom stereocenters. The molecule has 7 heteroatoms. The average Bonchev–Trinajstić information content (AvgIpc) is 3.54. The van der Waals surface area contributed by atoms with Crippen LogP contribution in [0.1, 0.15) is 64.6 Å². The van der Waals surface area contributed by atoms with Crippen LogP contribution >= 0.6 is 0 Å². The van der Waals surface area contributed by atoms with Gasteiger partial charge in [-0.1, -0.05) is 73.3 Å². The molecule has 232 valence electrons. The molecule has 0 aliphatic rings. The lowest BCUT2D eigenvalue weighted by atomic mass is 9.94. The normalized spacial score (nSPS) is 12.6. The van der Waals surface area contributed by atoms with Crippen LogP contribution < -0.4 is 0 Å². The van der Waals surface area contributed by atoms with E-state index >= 15 is 0 Å². The first kappa shape index (κ1) is 33.8. The van der Waals surface area contributed by atoms with Crippen molar-refractivity contribution in [1.29, 1.82) is 0 Å². The van der Waals surface area contributed by atoms with E-state index in [1.807, 2.05) is 41.8 Å². The van der Waals surface area contributed by atoms with E-state index in [1.165, 1.54) is 19.8 Å². The third-order valence-electron chi connectivity index (χ3n) is 7.26. The molecule has 0 saturated heterocycles. The van der Waals surface area contributed by atoms with Gasteiger partial charge in [-0.25, -0.2) is 14.6 Å². The van der Waals surface area contributed by atoms with E-state index in [-0.39, 0.29) is 17.6 Å². The van der Waals surface area contributed by atoms with Gasteiger partial charge in [0.2, 0.25) is 0 Å². The van der Waals surface area contributed by atoms with Crippen molar-refractivity contribution < 1.29 is 23.8 Å². The number of hydrogen-bond acceptors (Lipinski definition) is 6. The van der Waals surface area contributed by atoms with E-state index in [9.17, 15) is 9.59 Å². The summed E-state index contributed by atoms with van der Waals surface area (Å²) in [5.41, 5.74) is 4.22. The minimum atomic E-state index is -0.458. The lowest BCUT2D eigenvalue weighted by Gasteiger charge is -2.16. The SMILES string of the molecule is C=C/C=C(/C=C/C(CCn1cnc(C(=O)OC)c1)Cc1ccc(C(=O)OC)cc1)C(=C/C)\OCCCCCc1ccccc1. The predicted octanol–water partition coefficient (Wildman–Crippen LogP) is 7.71. The molecule has 1 aromatic heterocycles. The number of nitrogens with zero attached hydrogens (tertiary/aromatic N) is 2. The van der Waals surface area contributed by atoms with Crippen molar-refractivity contribution >= 4 is 11.9 Å². The number of carbonyl (C=O) groups is 2. The number of allylic oxidation sites excluding steroid dienone is 5. The highest BCUT2D eigenvalue weighted by Gasteiger charge is 2.13. The minimum absolute atomic E-state index is 0.146. The van der Waals surface area contributed by atoms with Crippen LogP contribution in [0, 0.1) is 5.92 Å². The maximum Gasteiger partial charge on any atom is 0.358 e. The summed E-state index contributed by atoms with van der Waals surface area (Å²) in [5.74, 6) is 0.152. The van der Waals surface area contributed by atoms with Crippen molar-refractivity contribution in [1.82, 2.24) is 9.55 Å². The number of aryl methyl sites for hydroxylation is 2. The number of benzene rings is 2. The quantitative estimate of drug-likeness (QED) is 0.0648. The zero-order chi connectivity index (χ0) is 31.6. The number of unbranched alkanes of at least 4 members (excludes halogenated alkanes) is 2. The first-order valence-electron chi connectivity index (χ1n) is 15.1. The van der Waals surface area contributed by atoms with E-state index in [4.69, 9.17) is 14.2 Å². The van der Waals surface area contributed by atoms with Crippen molar-refractivity contribution in [3.8, 4) is 0 Å². The highest BCUT2D eigenvalue weighted by Crippen LogP contribution is 2.21. The largest absolute Gasteiger partial charge is 0.493 e. The van der Waals surface area contributed by atoms with Gasteiger partial charge in [-0.3, -0.25) is 0 Å². The first-order valence-corrected chi connectivity index (χ1v) is 15.1. The van der Waals surface area contributed by atoms with E-state index in [2.05, 4.69) is 48.0 Å². The molecular formula is C37H44N2O5. The van der Waals surface area contributed by atoms with Crippen molar-refractivity contribution in [2.45, 2.75) is 52.0 Å². The third-order valence-corrected chi connectivity index (χ3v) is 7.26. The molecule has 0 radical (unpaired) electrons. The molecule has 0 aliphatic heterocycles. The number of aromatic nitrogens is 2. The molecule has 1 atom stereocenters. The van der Waals surface area contributed by atoms with Crippen LogP contribution in [0.4, 0.5) is 0 Å². The molecule has 44 heavy (non-hydrogen) atoms. The third kappa shape index (κ3) is 11.2.